The van der Waals surface area contributed by atoms with Crippen LogP contribution >= 0.6 is 0 Å². The summed E-state index contributed by atoms with van der Waals surface area (Å²) < 4.78 is 0. The lowest BCUT2D eigenvalue weighted by atomic mass is 9.82. The van der Waals surface area contributed by atoms with Crippen LogP contribution < -0.4 is 5.32 Å². The molecule has 0 aliphatic heterocycles. The normalized spacial score (nSPS) is 20.1. The number of hydrogen-bond acceptors (Lipinski definition) is 4. The average Bonchev–Trinajstić information content (AvgIpc) is 3.01. The molecule has 1 aromatic heterocycles. The fourth-order valence-electron chi connectivity index (χ4n) is 2.56. The third-order valence-corrected chi connectivity index (χ3v) is 3.82. The first kappa shape index (κ1) is 12.0. The van der Waals surface area contributed by atoms with Crippen LogP contribution in [0, 0.1) is 5.41 Å². The summed E-state index contributed by atoms with van der Waals surface area (Å²) in [7, 11) is 0. The van der Waals surface area contributed by atoms with Gasteiger partial charge >= 0.3 is 0 Å². The van der Waals surface area contributed by atoms with Crippen LogP contribution in [-0.2, 0) is 4.79 Å². The highest BCUT2D eigenvalue weighted by atomic mass is 16.2. The summed E-state index contributed by atoms with van der Waals surface area (Å²) in [6, 6.07) is -0.190. The molecule has 6 nitrogen and oxygen atoms in total. The minimum Gasteiger partial charge on any atom is -0.346 e. The first-order valence-electron chi connectivity index (χ1n) is 6.22. The van der Waals surface area contributed by atoms with Crippen molar-refractivity contribution in [1.82, 2.24) is 25.9 Å². The van der Waals surface area contributed by atoms with Gasteiger partial charge in [0.1, 0.15) is 0 Å². The van der Waals surface area contributed by atoms with Crippen LogP contribution in [-0.4, -0.2) is 26.5 Å². The number of tetrazole rings is 1. The van der Waals surface area contributed by atoms with Crippen LogP contribution in [0.15, 0.2) is 0 Å². The highest BCUT2D eigenvalue weighted by Crippen LogP contribution is 2.41. The van der Waals surface area contributed by atoms with Crippen molar-refractivity contribution in [3.8, 4) is 0 Å². The van der Waals surface area contributed by atoms with Crippen molar-refractivity contribution in [3.05, 3.63) is 5.82 Å². The SMILES string of the molecule is CCC1(C(=O)NC(C)c2nn[nH]n2)CCCC1. The van der Waals surface area contributed by atoms with Crippen molar-refractivity contribution in [1.29, 1.82) is 0 Å². The molecule has 1 heterocycles. The Labute approximate surface area is 101 Å². The lowest BCUT2D eigenvalue weighted by Gasteiger charge is -2.27. The highest BCUT2D eigenvalue weighted by molar-refractivity contribution is 5.83. The molecule has 1 unspecified atom stereocenters. The second kappa shape index (κ2) is 4.81. The molecule has 1 amide bonds. The van der Waals surface area contributed by atoms with Crippen molar-refractivity contribution in [2.45, 2.75) is 52.0 Å². The van der Waals surface area contributed by atoms with Gasteiger partial charge in [-0.3, -0.25) is 4.79 Å². The minimum atomic E-state index is -0.190. The monoisotopic (exact) mass is 237 g/mol. The maximum Gasteiger partial charge on any atom is 0.226 e. The smallest absolute Gasteiger partial charge is 0.226 e. The van der Waals surface area contributed by atoms with E-state index in [1.807, 2.05) is 6.92 Å². The van der Waals surface area contributed by atoms with Gasteiger partial charge in [-0.2, -0.15) is 5.21 Å². The average molecular weight is 237 g/mol. The predicted molar refractivity (Wildman–Crippen MR) is 61.9 cm³/mol. The summed E-state index contributed by atoms with van der Waals surface area (Å²) in [5, 5.41) is 16.7. The third-order valence-electron chi connectivity index (χ3n) is 3.82. The summed E-state index contributed by atoms with van der Waals surface area (Å²) >= 11 is 0. The van der Waals surface area contributed by atoms with Gasteiger partial charge in [0.2, 0.25) is 5.91 Å². The van der Waals surface area contributed by atoms with E-state index in [0.29, 0.717) is 5.82 Å². The number of H-pyrrole nitrogens is 1. The molecule has 1 saturated carbocycles. The molecule has 0 spiro atoms. The first-order valence-corrected chi connectivity index (χ1v) is 6.22. The van der Waals surface area contributed by atoms with Gasteiger partial charge in [0.15, 0.2) is 5.82 Å². The molecule has 2 rings (SSSR count). The van der Waals surface area contributed by atoms with E-state index >= 15 is 0 Å². The second-order valence-electron chi connectivity index (χ2n) is 4.81. The first-order chi connectivity index (χ1) is 8.18. The molecule has 1 aliphatic rings. The molecule has 1 atom stereocenters. The van der Waals surface area contributed by atoms with Crippen LogP contribution in [0.1, 0.15) is 57.8 Å². The lowest BCUT2D eigenvalue weighted by Crippen LogP contribution is -2.40. The van der Waals surface area contributed by atoms with E-state index in [2.05, 4.69) is 32.9 Å². The second-order valence-corrected chi connectivity index (χ2v) is 4.81. The van der Waals surface area contributed by atoms with Crippen molar-refractivity contribution >= 4 is 5.91 Å². The Hall–Kier alpha value is -1.46. The number of nitrogens with one attached hydrogen (secondary N) is 2. The van der Waals surface area contributed by atoms with Gasteiger partial charge in [-0.05, 0) is 26.2 Å². The molecular weight excluding hydrogens is 218 g/mol. The molecule has 94 valence electrons. The number of rotatable bonds is 4. The summed E-state index contributed by atoms with van der Waals surface area (Å²) in [4.78, 5) is 12.3. The van der Waals surface area contributed by atoms with Crippen LogP contribution in [0.25, 0.3) is 0 Å². The highest BCUT2D eigenvalue weighted by Gasteiger charge is 2.39. The zero-order valence-electron chi connectivity index (χ0n) is 10.4. The van der Waals surface area contributed by atoms with Gasteiger partial charge in [-0.1, -0.05) is 25.0 Å². The molecule has 17 heavy (non-hydrogen) atoms. The van der Waals surface area contributed by atoms with Crippen molar-refractivity contribution in [3.63, 3.8) is 0 Å². The van der Waals surface area contributed by atoms with Gasteiger partial charge < -0.3 is 5.32 Å². The van der Waals surface area contributed by atoms with E-state index in [1.54, 1.807) is 0 Å². The number of amides is 1. The van der Waals surface area contributed by atoms with E-state index < -0.39 is 0 Å². The summed E-state index contributed by atoms with van der Waals surface area (Å²) in [5.74, 6) is 0.664. The van der Waals surface area contributed by atoms with Crippen molar-refractivity contribution in [2.75, 3.05) is 0 Å². The van der Waals surface area contributed by atoms with Gasteiger partial charge in [-0.15, -0.1) is 10.2 Å². The van der Waals surface area contributed by atoms with Gasteiger partial charge in [0.05, 0.1) is 6.04 Å². The molecule has 2 N–H and O–H groups in total. The summed E-state index contributed by atoms with van der Waals surface area (Å²) in [5.41, 5.74) is -0.169. The number of aromatic nitrogens is 4. The Balaban J connectivity index is 2.01. The van der Waals surface area contributed by atoms with Crippen LogP contribution in [0.5, 0.6) is 0 Å². The van der Waals surface area contributed by atoms with E-state index in [1.165, 1.54) is 0 Å². The number of carbonyl (C=O) groups excluding carboxylic acids is 1. The molecule has 0 aromatic carbocycles. The number of nitrogens with zero attached hydrogens (tertiary/aromatic N) is 3. The molecule has 6 heteroatoms. The molecule has 1 aromatic rings. The molecule has 0 bridgehead atoms. The minimum absolute atomic E-state index is 0.134. The standard InChI is InChI=1S/C11H19N5O/c1-3-11(6-4-5-7-11)10(17)12-8(2)9-13-15-16-14-9/h8H,3-7H2,1-2H3,(H,12,17)(H,13,14,15,16). The number of aromatic amines is 1. The Morgan fingerprint density at radius 3 is 2.76 bits per heavy atom. The topological polar surface area (TPSA) is 83.6 Å². The van der Waals surface area contributed by atoms with Crippen LogP contribution in [0.3, 0.4) is 0 Å². The Morgan fingerprint density at radius 2 is 2.24 bits per heavy atom. The van der Waals surface area contributed by atoms with E-state index in [-0.39, 0.29) is 17.4 Å². The van der Waals surface area contributed by atoms with Crippen molar-refractivity contribution in [2.24, 2.45) is 5.41 Å². The fourth-order valence-corrected chi connectivity index (χ4v) is 2.56. The predicted octanol–water partition coefficient (Wildman–Crippen LogP) is 1.35. The largest absolute Gasteiger partial charge is 0.346 e. The Kier molecular flexibility index (Phi) is 3.40. The molecule has 0 saturated heterocycles. The zero-order valence-corrected chi connectivity index (χ0v) is 10.4. The maximum absolute atomic E-state index is 12.3. The van der Waals surface area contributed by atoms with E-state index in [0.717, 1.165) is 32.1 Å². The Morgan fingerprint density at radius 1 is 1.53 bits per heavy atom. The Bertz CT molecular complexity index is 369. The maximum atomic E-state index is 12.3. The van der Waals surface area contributed by atoms with Crippen LogP contribution in [0.4, 0.5) is 0 Å². The van der Waals surface area contributed by atoms with Gasteiger partial charge in [0.25, 0.3) is 0 Å². The molecule has 1 aliphatic carbocycles. The molecule has 1 fully saturated rings. The van der Waals surface area contributed by atoms with Gasteiger partial charge in [-0.25, -0.2) is 0 Å². The van der Waals surface area contributed by atoms with Crippen molar-refractivity contribution < 1.29 is 4.79 Å². The number of carbonyl (C=O) groups is 1. The van der Waals surface area contributed by atoms with E-state index in [4.69, 9.17) is 0 Å². The van der Waals surface area contributed by atoms with E-state index in [9.17, 15) is 4.79 Å². The van der Waals surface area contributed by atoms with Crippen LogP contribution in [0.2, 0.25) is 0 Å². The molecule has 0 radical (unpaired) electrons. The quantitative estimate of drug-likeness (QED) is 0.827. The fraction of sp³-hybridized carbons (Fsp3) is 0.818. The summed E-state index contributed by atoms with van der Waals surface area (Å²) in [6.45, 7) is 3.96. The summed E-state index contributed by atoms with van der Waals surface area (Å²) in [6.07, 6.45) is 5.19. The third kappa shape index (κ3) is 2.30. The molecular formula is C11H19N5O. The lowest BCUT2D eigenvalue weighted by molar-refractivity contribution is -0.131. The zero-order chi connectivity index (χ0) is 12.3. The number of hydrogen-bond donors (Lipinski definition) is 2. The van der Waals surface area contributed by atoms with Gasteiger partial charge in [0, 0.05) is 5.41 Å².